The fourth-order valence-electron chi connectivity index (χ4n) is 2.76. The van der Waals surface area contributed by atoms with Crippen LogP contribution < -0.4 is 0 Å². The lowest BCUT2D eigenvalue weighted by molar-refractivity contribution is 0.119. The van der Waals surface area contributed by atoms with Crippen molar-refractivity contribution in [3.63, 3.8) is 0 Å². The zero-order chi connectivity index (χ0) is 17.7. The number of benzene rings is 2. The molecule has 0 amide bonds. The Morgan fingerprint density at radius 1 is 0.583 bits per heavy atom. The number of hydrogen-bond acceptors (Lipinski definition) is 6. The van der Waals surface area contributed by atoms with Crippen molar-refractivity contribution in [3.05, 3.63) is 47.5 Å². The predicted octanol–water partition coefficient (Wildman–Crippen LogP) is 1.51. The van der Waals surface area contributed by atoms with Gasteiger partial charge in [-0.2, -0.15) is 0 Å². The molecule has 130 valence electrons. The smallest absolute Gasteiger partial charge is 0.157 e. The summed E-state index contributed by atoms with van der Waals surface area (Å²) in [5, 5.41) is 57.2. The Morgan fingerprint density at radius 2 is 0.958 bits per heavy atom. The van der Waals surface area contributed by atoms with E-state index in [0.717, 1.165) is 11.1 Å². The van der Waals surface area contributed by atoms with E-state index < -0.39 is 0 Å². The van der Waals surface area contributed by atoms with Gasteiger partial charge in [0.1, 0.15) is 0 Å². The zero-order valence-corrected chi connectivity index (χ0v) is 13.1. The Labute approximate surface area is 139 Å². The quantitative estimate of drug-likeness (QED) is 0.427. The average molecular weight is 334 g/mol. The van der Waals surface area contributed by atoms with E-state index in [1.807, 2.05) is 0 Å². The summed E-state index contributed by atoms with van der Waals surface area (Å²) in [6.07, 6.45) is 0.833. The molecule has 0 aliphatic rings. The molecule has 6 heteroatoms. The van der Waals surface area contributed by atoms with Gasteiger partial charge in [-0.3, -0.25) is 0 Å². The topological polar surface area (TPSA) is 121 Å². The van der Waals surface area contributed by atoms with Gasteiger partial charge in [0.2, 0.25) is 0 Å². The van der Waals surface area contributed by atoms with Crippen molar-refractivity contribution in [1.82, 2.24) is 0 Å². The van der Waals surface area contributed by atoms with Crippen molar-refractivity contribution in [2.24, 2.45) is 11.8 Å². The molecule has 0 saturated carbocycles. The van der Waals surface area contributed by atoms with Crippen LogP contribution in [0, 0.1) is 11.8 Å². The van der Waals surface area contributed by atoms with Crippen molar-refractivity contribution in [3.8, 4) is 23.0 Å². The van der Waals surface area contributed by atoms with E-state index in [2.05, 4.69) is 0 Å². The molecule has 0 aliphatic carbocycles. The fourth-order valence-corrected chi connectivity index (χ4v) is 2.76. The maximum absolute atomic E-state index is 9.68. The molecule has 0 bridgehead atoms. The third-order valence-corrected chi connectivity index (χ3v) is 4.21. The van der Waals surface area contributed by atoms with Crippen LogP contribution in [-0.4, -0.2) is 43.9 Å². The van der Waals surface area contributed by atoms with Crippen molar-refractivity contribution >= 4 is 0 Å². The normalized spacial score (nSPS) is 13.6. The summed E-state index contributed by atoms with van der Waals surface area (Å²) in [5.74, 6) is -1.42. The van der Waals surface area contributed by atoms with E-state index in [-0.39, 0.29) is 48.0 Å². The van der Waals surface area contributed by atoms with E-state index in [9.17, 15) is 30.6 Å². The molecule has 0 radical (unpaired) electrons. The third-order valence-electron chi connectivity index (χ3n) is 4.21. The summed E-state index contributed by atoms with van der Waals surface area (Å²) in [4.78, 5) is 0. The van der Waals surface area contributed by atoms with Gasteiger partial charge in [-0.25, -0.2) is 0 Å². The summed E-state index contributed by atoms with van der Waals surface area (Å²) < 4.78 is 0. The SMILES string of the molecule is OC[C@H](Cc1ccc(O)c(O)c1)[C@H](CO)Cc1ccc(O)c(O)c1. The molecule has 0 aromatic heterocycles. The Morgan fingerprint density at radius 3 is 1.25 bits per heavy atom. The highest BCUT2D eigenvalue weighted by Gasteiger charge is 2.22. The Bertz CT molecular complexity index is 626. The molecule has 0 saturated heterocycles. The van der Waals surface area contributed by atoms with Crippen LogP contribution >= 0.6 is 0 Å². The summed E-state index contributed by atoms with van der Waals surface area (Å²) in [5.41, 5.74) is 1.47. The first-order valence-corrected chi connectivity index (χ1v) is 7.68. The number of phenols is 4. The largest absolute Gasteiger partial charge is 0.504 e. The van der Waals surface area contributed by atoms with Gasteiger partial charge in [-0.15, -0.1) is 0 Å². The molecular formula is C18H22O6. The summed E-state index contributed by atoms with van der Waals surface area (Å²) in [7, 11) is 0. The molecule has 24 heavy (non-hydrogen) atoms. The van der Waals surface area contributed by atoms with Crippen molar-refractivity contribution < 1.29 is 30.6 Å². The highest BCUT2D eigenvalue weighted by atomic mass is 16.3. The van der Waals surface area contributed by atoms with Crippen LogP contribution in [0.25, 0.3) is 0 Å². The van der Waals surface area contributed by atoms with Gasteiger partial charge in [0.05, 0.1) is 0 Å². The molecule has 0 spiro atoms. The average Bonchev–Trinajstić information content (AvgIpc) is 2.57. The minimum Gasteiger partial charge on any atom is -0.504 e. The lowest BCUT2D eigenvalue weighted by atomic mass is 9.83. The number of aliphatic hydroxyl groups is 2. The molecule has 2 aromatic rings. The molecule has 0 aliphatic heterocycles. The molecule has 0 fully saturated rings. The first-order valence-electron chi connectivity index (χ1n) is 7.68. The molecule has 6 nitrogen and oxygen atoms in total. The number of phenolic OH excluding ortho intramolecular Hbond substituents is 4. The van der Waals surface area contributed by atoms with Gasteiger partial charge in [0.25, 0.3) is 0 Å². The van der Waals surface area contributed by atoms with Gasteiger partial charge in [-0.05, 0) is 60.1 Å². The van der Waals surface area contributed by atoms with Crippen LogP contribution in [0.3, 0.4) is 0 Å². The molecule has 0 unspecified atom stereocenters. The number of rotatable bonds is 7. The maximum atomic E-state index is 9.68. The number of hydrogen-bond donors (Lipinski definition) is 6. The third kappa shape index (κ3) is 4.31. The maximum Gasteiger partial charge on any atom is 0.157 e. The minimum absolute atomic E-state index is 0.156. The highest BCUT2D eigenvalue weighted by Crippen LogP contribution is 2.30. The van der Waals surface area contributed by atoms with Gasteiger partial charge in [0.15, 0.2) is 23.0 Å². The number of aliphatic hydroxyl groups excluding tert-OH is 2. The van der Waals surface area contributed by atoms with Crippen LogP contribution in [0.5, 0.6) is 23.0 Å². The molecular weight excluding hydrogens is 312 g/mol. The summed E-state index contributed by atoms with van der Waals surface area (Å²) in [6.45, 7) is -0.312. The Kier molecular flexibility index (Phi) is 5.89. The molecule has 2 aromatic carbocycles. The lowest BCUT2D eigenvalue weighted by Gasteiger charge is -2.24. The van der Waals surface area contributed by atoms with Gasteiger partial charge < -0.3 is 30.6 Å². The monoisotopic (exact) mass is 334 g/mol. The fraction of sp³-hybridized carbons (Fsp3) is 0.333. The van der Waals surface area contributed by atoms with Gasteiger partial charge >= 0.3 is 0 Å². The second kappa shape index (κ2) is 7.90. The van der Waals surface area contributed by atoms with Gasteiger partial charge in [0, 0.05) is 13.2 Å². The first-order chi connectivity index (χ1) is 11.4. The van der Waals surface area contributed by atoms with Crippen molar-refractivity contribution in [2.75, 3.05) is 13.2 Å². The van der Waals surface area contributed by atoms with Crippen LogP contribution in [0.2, 0.25) is 0 Å². The highest BCUT2D eigenvalue weighted by molar-refractivity contribution is 5.41. The summed E-state index contributed by atoms with van der Waals surface area (Å²) in [6, 6.07) is 8.92. The predicted molar refractivity (Wildman–Crippen MR) is 88.1 cm³/mol. The minimum atomic E-state index is -0.269. The van der Waals surface area contributed by atoms with Crippen LogP contribution in [0.1, 0.15) is 11.1 Å². The van der Waals surface area contributed by atoms with Gasteiger partial charge in [-0.1, -0.05) is 12.1 Å². The summed E-state index contributed by atoms with van der Waals surface area (Å²) >= 11 is 0. The second-order valence-corrected chi connectivity index (χ2v) is 5.94. The van der Waals surface area contributed by atoms with E-state index in [1.165, 1.54) is 24.3 Å². The van der Waals surface area contributed by atoms with Crippen molar-refractivity contribution in [2.45, 2.75) is 12.8 Å². The van der Waals surface area contributed by atoms with E-state index in [4.69, 9.17) is 0 Å². The van der Waals surface area contributed by atoms with Crippen LogP contribution in [0.4, 0.5) is 0 Å². The van der Waals surface area contributed by atoms with E-state index >= 15 is 0 Å². The standard InChI is InChI=1S/C18H22O6/c19-9-13(5-11-1-3-15(21)17(23)7-11)14(10-20)6-12-2-4-16(22)18(24)8-12/h1-4,7-8,13-14,19-24H,5-6,9-10H2/t13-,14-/m0/s1. The number of aromatic hydroxyl groups is 4. The van der Waals surface area contributed by atoms with Crippen molar-refractivity contribution in [1.29, 1.82) is 0 Å². The molecule has 2 atom stereocenters. The molecule has 6 N–H and O–H groups in total. The van der Waals surface area contributed by atoms with E-state index in [1.54, 1.807) is 12.1 Å². The molecule has 2 rings (SSSR count). The Balaban J connectivity index is 2.13. The Hall–Kier alpha value is -2.44. The van der Waals surface area contributed by atoms with E-state index in [0.29, 0.717) is 12.8 Å². The second-order valence-electron chi connectivity index (χ2n) is 5.94. The molecule has 0 heterocycles. The first kappa shape index (κ1) is 17.9. The van der Waals surface area contributed by atoms with Crippen LogP contribution in [0.15, 0.2) is 36.4 Å². The van der Waals surface area contributed by atoms with Crippen LogP contribution in [-0.2, 0) is 12.8 Å². The lowest BCUT2D eigenvalue weighted by Crippen LogP contribution is -2.26. The zero-order valence-electron chi connectivity index (χ0n) is 13.1.